The van der Waals surface area contributed by atoms with Crippen molar-refractivity contribution in [1.29, 1.82) is 0 Å². The van der Waals surface area contributed by atoms with Crippen molar-refractivity contribution in [2.24, 2.45) is 0 Å². The van der Waals surface area contributed by atoms with Crippen molar-refractivity contribution in [1.82, 2.24) is 24.5 Å². The fourth-order valence-corrected chi connectivity index (χ4v) is 1.88. The summed E-state index contributed by atoms with van der Waals surface area (Å²) in [6, 6.07) is 3.84. The number of rotatable bonds is 2. The fourth-order valence-electron chi connectivity index (χ4n) is 1.42. The number of nitrogens with one attached hydrogen (secondary N) is 2. The van der Waals surface area contributed by atoms with E-state index >= 15 is 0 Å². The van der Waals surface area contributed by atoms with Crippen LogP contribution < -0.4 is 5.32 Å². The van der Waals surface area contributed by atoms with Gasteiger partial charge >= 0.3 is 0 Å². The van der Waals surface area contributed by atoms with Crippen molar-refractivity contribution >= 4 is 28.5 Å². The molecule has 0 aromatic carbocycles. The Balaban J connectivity index is 2.16. The van der Waals surface area contributed by atoms with Gasteiger partial charge in [-0.05, 0) is 23.7 Å². The zero-order valence-corrected chi connectivity index (χ0v) is 9.25. The SMILES string of the molecule is CNc1ccc2[nH]c(-c3cnns3)nc2n1. The molecule has 3 heterocycles. The lowest BCUT2D eigenvalue weighted by molar-refractivity contribution is 1.15. The van der Waals surface area contributed by atoms with Crippen LogP contribution in [0.2, 0.25) is 0 Å². The Labute approximate surface area is 94.9 Å². The lowest BCUT2D eigenvalue weighted by Gasteiger charge is -1.95. The number of hydrogen-bond donors (Lipinski definition) is 2. The average Bonchev–Trinajstić information content (AvgIpc) is 2.96. The van der Waals surface area contributed by atoms with Gasteiger partial charge in [0.25, 0.3) is 0 Å². The van der Waals surface area contributed by atoms with E-state index in [4.69, 9.17) is 0 Å². The number of fused-ring (bicyclic) bond motifs is 1. The average molecular weight is 232 g/mol. The summed E-state index contributed by atoms with van der Waals surface area (Å²) < 4.78 is 3.80. The van der Waals surface area contributed by atoms with Crippen LogP contribution in [-0.4, -0.2) is 31.6 Å². The first-order chi connectivity index (χ1) is 7.86. The Morgan fingerprint density at radius 2 is 2.25 bits per heavy atom. The Bertz CT molecular complexity index is 614. The number of H-pyrrole nitrogens is 1. The van der Waals surface area contributed by atoms with Crippen LogP contribution in [0.1, 0.15) is 0 Å². The van der Waals surface area contributed by atoms with E-state index in [1.165, 1.54) is 11.5 Å². The molecule has 80 valence electrons. The molecule has 0 spiro atoms. The molecule has 6 nitrogen and oxygen atoms in total. The van der Waals surface area contributed by atoms with Crippen molar-refractivity contribution in [3.05, 3.63) is 18.3 Å². The first-order valence-corrected chi connectivity index (χ1v) is 5.46. The van der Waals surface area contributed by atoms with Crippen LogP contribution in [0, 0.1) is 0 Å². The molecule has 2 N–H and O–H groups in total. The van der Waals surface area contributed by atoms with Crippen molar-refractivity contribution in [2.45, 2.75) is 0 Å². The van der Waals surface area contributed by atoms with Crippen LogP contribution in [0.15, 0.2) is 18.3 Å². The summed E-state index contributed by atoms with van der Waals surface area (Å²) in [5.41, 5.74) is 1.60. The van der Waals surface area contributed by atoms with Gasteiger partial charge in [0.15, 0.2) is 11.5 Å². The zero-order chi connectivity index (χ0) is 11.0. The van der Waals surface area contributed by atoms with E-state index in [0.29, 0.717) is 5.65 Å². The molecule has 0 fully saturated rings. The minimum Gasteiger partial charge on any atom is -0.373 e. The second kappa shape index (κ2) is 3.53. The maximum Gasteiger partial charge on any atom is 0.180 e. The second-order valence-corrected chi connectivity index (χ2v) is 3.97. The monoisotopic (exact) mass is 232 g/mol. The van der Waals surface area contributed by atoms with Gasteiger partial charge in [-0.25, -0.2) is 9.97 Å². The summed E-state index contributed by atoms with van der Waals surface area (Å²) >= 11 is 1.30. The van der Waals surface area contributed by atoms with Crippen molar-refractivity contribution in [3.63, 3.8) is 0 Å². The predicted octanol–water partition coefficient (Wildman–Crippen LogP) is 1.52. The summed E-state index contributed by atoms with van der Waals surface area (Å²) in [5, 5.41) is 6.75. The highest BCUT2D eigenvalue weighted by atomic mass is 32.1. The van der Waals surface area contributed by atoms with Crippen LogP contribution in [0.4, 0.5) is 5.82 Å². The van der Waals surface area contributed by atoms with Gasteiger partial charge in [-0.3, -0.25) is 0 Å². The number of aromatic nitrogens is 5. The van der Waals surface area contributed by atoms with Crippen molar-refractivity contribution in [3.8, 4) is 10.7 Å². The smallest absolute Gasteiger partial charge is 0.180 e. The van der Waals surface area contributed by atoms with E-state index in [2.05, 4.69) is 29.9 Å². The van der Waals surface area contributed by atoms with Crippen LogP contribution in [-0.2, 0) is 0 Å². The normalized spacial score (nSPS) is 10.8. The molecule has 0 saturated heterocycles. The van der Waals surface area contributed by atoms with Crippen LogP contribution >= 0.6 is 11.5 Å². The van der Waals surface area contributed by atoms with Gasteiger partial charge in [-0.15, -0.1) is 5.10 Å². The quantitative estimate of drug-likeness (QED) is 0.700. The predicted molar refractivity (Wildman–Crippen MR) is 62.3 cm³/mol. The Hall–Kier alpha value is -2.02. The molecule has 0 radical (unpaired) electrons. The third kappa shape index (κ3) is 1.41. The summed E-state index contributed by atoms with van der Waals surface area (Å²) in [5.74, 6) is 1.55. The van der Waals surface area contributed by atoms with Gasteiger partial charge < -0.3 is 10.3 Å². The molecule has 0 amide bonds. The van der Waals surface area contributed by atoms with Gasteiger partial charge in [-0.2, -0.15) is 0 Å². The van der Waals surface area contributed by atoms with Crippen LogP contribution in [0.3, 0.4) is 0 Å². The molecule has 0 aliphatic heterocycles. The number of nitrogens with zero attached hydrogens (tertiary/aromatic N) is 4. The molecule has 3 aromatic heterocycles. The first kappa shape index (κ1) is 9.22. The number of anilines is 1. The van der Waals surface area contributed by atoms with E-state index in [1.807, 2.05) is 19.2 Å². The zero-order valence-electron chi connectivity index (χ0n) is 8.43. The summed E-state index contributed by atoms with van der Waals surface area (Å²) in [4.78, 5) is 12.8. The van der Waals surface area contributed by atoms with Crippen molar-refractivity contribution in [2.75, 3.05) is 12.4 Å². The number of pyridine rings is 1. The molecule has 3 rings (SSSR count). The maximum absolute atomic E-state index is 4.39. The molecule has 3 aromatic rings. The summed E-state index contributed by atoms with van der Waals surface area (Å²) in [7, 11) is 1.83. The van der Waals surface area contributed by atoms with E-state index < -0.39 is 0 Å². The van der Waals surface area contributed by atoms with Gasteiger partial charge in [0, 0.05) is 7.05 Å². The third-order valence-corrected chi connectivity index (χ3v) is 2.87. The molecule has 0 unspecified atom stereocenters. The topological polar surface area (TPSA) is 79.4 Å². The van der Waals surface area contributed by atoms with Gasteiger partial charge in [-0.1, -0.05) is 4.49 Å². The third-order valence-electron chi connectivity index (χ3n) is 2.20. The molecule has 0 atom stereocenters. The van der Waals surface area contributed by atoms with Crippen LogP contribution in [0.25, 0.3) is 21.9 Å². The molecule has 0 aliphatic carbocycles. The highest BCUT2D eigenvalue weighted by Gasteiger charge is 2.08. The lowest BCUT2D eigenvalue weighted by atomic mass is 10.4. The van der Waals surface area contributed by atoms with E-state index in [1.54, 1.807) is 6.20 Å². The Morgan fingerprint density at radius 1 is 1.31 bits per heavy atom. The highest BCUT2D eigenvalue weighted by Crippen LogP contribution is 2.21. The standard InChI is InChI=1S/C9H8N6S/c1-10-7-3-2-5-8(13-7)14-9(12-5)6-4-11-15-16-6/h2-4H,1H3,(H2,10,12,13,14). The number of aromatic amines is 1. The number of imidazole rings is 1. The number of hydrogen-bond acceptors (Lipinski definition) is 6. The van der Waals surface area contributed by atoms with E-state index in [-0.39, 0.29) is 0 Å². The molecule has 0 aliphatic rings. The van der Waals surface area contributed by atoms with Gasteiger partial charge in [0.2, 0.25) is 0 Å². The fraction of sp³-hybridized carbons (Fsp3) is 0.111. The van der Waals surface area contributed by atoms with Crippen molar-refractivity contribution < 1.29 is 0 Å². The lowest BCUT2D eigenvalue weighted by Crippen LogP contribution is -1.91. The molecular weight excluding hydrogens is 224 g/mol. The summed E-state index contributed by atoms with van der Waals surface area (Å²) in [6.45, 7) is 0. The molecule has 0 bridgehead atoms. The largest absolute Gasteiger partial charge is 0.373 e. The first-order valence-electron chi connectivity index (χ1n) is 4.69. The van der Waals surface area contributed by atoms with E-state index in [0.717, 1.165) is 22.0 Å². The molecule has 7 heteroatoms. The Morgan fingerprint density at radius 3 is 3.00 bits per heavy atom. The minimum atomic E-state index is 0.690. The molecule has 16 heavy (non-hydrogen) atoms. The minimum absolute atomic E-state index is 0.690. The van der Waals surface area contributed by atoms with Gasteiger partial charge in [0.05, 0.1) is 11.7 Å². The van der Waals surface area contributed by atoms with E-state index in [9.17, 15) is 0 Å². The summed E-state index contributed by atoms with van der Waals surface area (Å²) in [6.07, 6.45) is 1.68. The molecule has 0 saturated carbocycles. The second-order valence-electron chi connectivity index (χ2n) is 3.18. The maximum atomic E-state index is 4.39. The Kier molecular flexibility index (Phi) is 2.03. The van der Waals surface area contributed by atoms with Crippen LogP contribution in [0.5, 0.6) is 0 Å². The molecular formula is C9H8N6S. The highest BCUT2D eigenvalue weighted by molar-refractivity contribution is 7.09. The van der Waals surface area contributed by atoms with Gasteiger partial charge in [0.1, 0.15) is 10.7 Å².